The number of amides is 3. The van der Waals surface area contributed by atoms with Gasteiger partial charge in [0.1, 0.15) is 11.6 Å². The summed E-state index contributed by atoms with van der Waals surface area (Å²) in [6.07, 6.45) is 3.35. The Balaban J connectivity index is 1.61. The minimum Gasteiger partial charge on any atom is -0.357 e. The molecule has 0 saturated carbocycles. The SMILES string of the molecule is Cc1[nH]c(/C=C2\C(=O)Nc3ccc(C(=O)N[C@H](C)c4ccccc4)cc32)c(C)c1NC(=O)/C(C#N)=C/C(C)(C)C. The Kier molecular flexibility index (Phi) is 7.78. The van der Waals surface area contributed by atoms with E-state index in [4.69, 9.17) is 0 Å². The van der Waals surface area contributed by atoms with E-state index >= 15 is 0 Å². The number of nitriles is 1. The lowest BCUT2D eigenvalue weighted by atomic mass is 9.93. The average Bonchev–Trinajstić information content (AvgIpc) is 3.36. The number of aromatic nitrogens is 1. The zero-order chi connectivity index (χ0) is 29.2. The molecule has 40 heavy (non-hydrogen) atoms. The number of anilines is 2. The molecule has 0 saturated heterocycles. The van der Waals surface area contributed by atoms with Crippen LogP contribution < -0.4 is 16.0 Å². The van der Waals surface area contributed by atoms with Crippen LogP contribution in [0.25, 0.3) is 11.6 Å². The highest BCUT2D eigenvalue weighted by molar-refractivity contribution is 6.35. The lowest BCUT2D eigenvalue weighted by Crippen LogP contribution is -2.26. The molecule has 1 atom stereocenters. The molecular weight excluding hydrogens is 502 g/mol. The first kappa shape index (κ1) is 28.1. The number of rotatable bonds is 6. The molecular formula is C32H33N5O3. The van der Waals surface area contributed by atoms with E-state index in [1.54, 1.807) is 30.4 Å². The summed E-state index contributed by atoms with van der Waals surface area (Å²) in [6, 6.07) is 16.6. The van der Waals surface area contributed by atoms with Crippen LogP contribution >= 0.6 is 0 Å². The summed E-state index contributed by atoms with van der Waals surface area (Å²) in [5, 5.41) is 18.2. The molecule has 0 aliphatic carbocycles. The van der Waals surface area contributed by atoms with Gasteiger partial charge in [-0.1, -0.05) is 57.2 Å². The lowest BCUT2D eigenvalue weighted by molar-refractivity contribution is -0.112. The number of aryl methyl sites for hydroxylation is 1. The Bertz CT molecular complexity index is 1600. The molecule has 3 aromatic rings. The van der Waals surface area contributed by atoms with Gasteiger partial charge in [0.2, 0.25) is 0 Å². The van der Waals surface area contributed by atoms with Gasteiger partial charge in [-0.05, 0) is 61.6 Å². The molecule has 2 heterocycles. The summed E-state index contributed by atoms with van der Waals surface area (Å²) in [4.78, 5) is 42.0. The monoisotopic (exact) mass is 535 g/mol. The van der Waals surface area contributed by atoms with Gasteiger partial charge in [-0.15, -0.1) is 0 Å². The van der Waals surface area contributed by atoms with Crippen molar-refractivity contribution < 1.29 is 14.4 Å². The lowest BCUT2D eigenvalue weighted by Gasteiger charge is -2.14. The van der Waals surface area contributed by atoms with Crippen molar-refractivity contribution in [3.05, 3.63) is 93.8 Å². The van der Waals surface area contributed by atoms with Gasteiger partial charge in [0.25, 0.3) is 17.7 Å². The molecule has 0 unspecified atom stereocenters. The summed E-state index contributed by atoms with van der Waals surface area (Å²) in [7, 11) is 0. The van der Waals surface area contributed by atoms with E-state index < -0.39 is 5.91 Å². The Morgan fingerprint density at radius 2 is 1.77 bits per heavy atom. The summed E-state index contributed by atoms with van der Waals surface area (Å²) >= 11 is 0. The quantitative estimate of drug-likeness (QED) is 0.226. The predicted molar refractivity (Wildman–Crippen MR) is 157 cm³/mol. The Labute approximate surface area is 234 Å². The first-order chi connectivity index (χ1) is 18.9. The van der Waals surface area contributed by atoms with E-state index in [-0.39, 0.29) is 28.8 Å². The van der Waals surface area contributed by atoms with Crippen LogP contribution in [-0.4, -0.2) is 22.7 Å². The van der Waals surface area contributed by atoms with Gasteiger partial charge in [0.05, 0.1) is 17.3 Å². The zero-order valence-corrected chi connectivity index (χ0v) is 23.5. The van der Waals surface area contributed by atoms with Gasteiger partial charge in [-0.2, -0.15) is 5.26 Å². The minimum absolute atomic E-state index is 0.0314. The summed E-state index contributed by atoms with van der Waals surface area (Å²) in [5.74, 6) is -1.03. The molecule has 8 nitrogen and oxygen atoms in total. The molecule has 4 N–H and O–H groups in total. The van der Waals surface area contributed by atoms with Crippen LogP contribution in [0.3, 0.4) is 0 Å². The van der Waals surface area contributed by atoms with Crippen molar-refractivity contribution in [2.24, 2.45) is 5.41 Å². The number of carbonyl (C=O) groups is 3. The van der Waals surface area contributed by atoms with Crippen LogP contribution in [0.15, 0.2) is 60.2 Å². The van der Waals surface area contributed by atoms with Crippen molar-refractivity contribution in [2.45, 2.75) is 47.6 Å². The van der Waals surface area contributed by atoms with Gasteiger partial charge in [0, 0.05) is 28.2 Å². The maximum atomic E-state index is 13.0. The second-order valence-corrected chi connectivity index (χ2v) is 11.0. The largest absolute Gasteiger partial charge is 0.357 e. The highest BCUT2D eigenvalue weighted by atomic mass is 16.2. The fourth-order valence-corrected chi connectivity index (χ4v) is 4.59. The van der Waals surface area contributed by atoms with Crippen LogP contribution in [-0.2, 0) is 9.59 Å². The third-order valence-electron chi connectivity index (χ3n) is 6.66. The molecule has 4 rings (SSSR count). The second-order valence-electron chi connectivity index (χ2n) is 11.0. The number of carbonyl (C=O) groups excluding carboxylic acids is 3. The molecule has 0 radical (unpaired) electrons. The molecule has 0 spiro atoms. The van der Waals surface area contributed by atoms with Crippen LogP contribution in [0.1, 0.15) is 72.2 Å². The molecule has 0 bridgehead atoms. The van der Waals surface area contributed by atoms with E-state index in [0.29, 0.717) is 39.5 Å². The topological polar surface area (TPSA) is 127 Å². The van der Waals surface area contributed by atoms with E-state index in [1.165, 1.54) is 0 Å². The molecule has 204 valence electrons. The van der Waals surface area contributed by atoms with E-state index in [1.807, 2.05) is 77.9 Å². The molecule has 3 amide bonds. The van der Waals surface area contributed by atoms with Crippen molar-refractivity contribution in [3.8, 4) is 6.07 Å². The minimum atomic E-state index is -0.494. The molecule has 1 aromatic heterocycles. The van der Waals surface area contributed by atoms with Crippen LogP contribution in [0.4, 0.5) is 11.4 Å². The molecule has 8 heteroatoms. The third kappa shape index (κ3) is 6.05. The fourth-order valence-electron chi connectivity index (χ4n) is 4.59. The number of allylic oxidation sites excluding steroid dienone is 1. The summed E-state index contributed by atoms with van der Waals surface area (Å²) < 4.78 is 0. The first-order valence-electron chi connectivity index (χ1n) is 13.0. The average molecular weight is 536 g/mol. The van der Waals surface area contributed by atoms with Gasteiger partial charge in [0.15, 0.2) is 0 Å². The maximum Gasteiger partial charge on any atom is 0.266 e. The molecule has 1 aliphatic rings. The van der Waals surface area contributed by atoms with E-state index in [9.17, 15) is 19.6 Å². The number of benzene rings is 2. The number of aromatic amines is 1. The van der Waals surface area contributed by atoms with E-state index in [0.717, 1.165) is 11.1 Å². The predicted octanol–water partition coefficient (Wildman–Crippen LogP) is 6.05. The van der Waals surface area contributed by atoms with E-state index in [2.05, 4.69) is 20.9 Å². The third-order valence-corrected chi connectivity index (χ3v) is 6.66. The van der Waals surface area contributed by atoms with Crippen molar-refractivity contribution in [1.82, 2.24) is 10.3 Å². The normalized spacial score (nSPS) is 14.8. The first-order valence-corrected chi connectivity index (χ1v) is 13.0. The fraction of sp³-hybridized carbons (Fsp3) is 0.250. The van der Waals surface area contributed by atoms with Crippen LogP contribution in [0.2, 0.25) is 0 Å². The van der Waals surface area contributed by atoms with Crippen molar-refractivity contribution >= 4 is 40.7 Å². The molecule has 2 aromatic carbocycles. The Morgan fingerprint density at radius 1 is 1.07 bits per heavy atom. The summed E-state index contributed by atoms with van der Waals surface area (Å²) in [5.41, 5.74) is 5.34. The number of hydrogen-bond donors (Lipinski definition) is 4. The molecule has 1 aliphatic heterocycles. The second kappa shape index (κ2) is 11.1. The van der Waals surface area contributed by atoms with Gasteiger partial charge in [-0.3, -0.25) is 14.4 Å². The number of nitrogens with one attached hydrogen (secondary N) is 4. The number of H-pyrrole nitrogens is 1. The van der Waals surface area contributed by atoms with Crippen molar-refractivity contribution in [3.63, 3.8) is 0 Å². The Morgan fingerprint density at radius 3 is 2.42 bits per heavy atom. The van der Waals surface area contributed by atoms with Crippen molar-refractivity contribution in [1.29, 1.82) is 5.26 Å². The number of hydrogen-bond acceptors (Lipinski definition) is 4. The van der Waals surface area contributed by atoms with Crippen LogP contribution in [0, 0.1) is 30.6 Å². The van der Waals surface area contributed by atoms with Crippen LogP contribution in [0.5, 0.6) is 0 Å². The summed E-state index contributed by atoms with van der Waals surface area (Å²) in [6.45, 7) is 11.3. The maximum absolute atomic E-state index is 13.0. The highest BCUT2D eigenvalue weighted by Crippen LogP contribution is 2.35. The van der Waals surface area contributed by atoms with Gasteiger partial charge >= 0.3 is 0 Å². The smallest absolute Gasteiger partial charge is 0.266 e. The standard InChI is InChI=1S/C32H33N5O3/c1-18-27(34-20(3)28(18)37-30(39)23(17-33)16-32(4,5)6)15-25-24-14-22(12-13-26(24)36-31(25)40)29(38)35-19(2)21-10-8-7-9-11-21/h7-16,19,34H,1-6H3,(H,35,38)(H,36,40)(H,37,39)/b23-16+,25-15-/t19-/m1/s1. The zero-order valence-electron chi connectivity index (χ0n) is 23.5. The van der Waals surface area contributed by atoms with Gasteiger partial charge < -0.3 is 20.9 Å². The highest BCUT2D eigenvalue weighted by Gasteiger charge is 2.27. The Hall–Kier alpha value is -4.90. The number of nitrogens with zero attached hydrogens (tertiary/aromatic N) is 1. The number of fused-ring (bicyclic) bond motifs is 1. The van der Waals surface area contributed by atoms with Gasteiger partial charge in [-0.25, -0.2) is 0 Å². The molecule has 0 fully saturated rings. The van der Waals surface area contributed by atoms with Crippen molar-refractivity contribution in [2.75, 3.05) is 10.6 Å².